The largest absolute Gasteiger partial charge is 0.478 e. The molecule has 0 saturated carbocycles. The fraction of sp³-hybridized carbons (Fsp3) is 0.308. The number of hydrogen-bond acceptors (Lipinski definition) is 3. The molecule has 82 valence electrons. The Labute approximate surface area is 94.4 Å². The number of esters is 1. The Hall–Kier alpha value is -1.95. The quantitative estimate of drug-likeness (QED) is 0.527. The van der Waals surface area contributed by atoms with Crippen LogP contribution in [-0.2, 0) is 16.0 Å². The molecule has 16 heavy (non-hydrogen) atoms. The molecule has 0 aromatic heterocycles. The molecule has 1 aromatic carbocycles. The van der Waals surface area contributed by atoms with Crippen LogP contribution >= 0.6 is 0 Å². The minimum Gasteiger partial charge on any atom is -0.478 e. The Morgan fingerprint density at radius 1 is 1.62 bits per heavy atom. The number of terminal acetylenes is 1. The Morgan fingerprint density at radius 3 is 3.12 bits per heavy atom. The van der Waals surface area contributed by atoms with E-state index in [1.165, 1.54) is 7.11 Å². The van der Waals surface area contributed by atoms with Crippen molar-refractivity contribution in [1.29, 1.82) is 0 Å². The highest BCUT2D eigenvalue weighted by molar-refractivity contribution is 5.75. The third-order valence-electron chi connectivity index (χ3n) is 2.64. The summed E-state index contributed by atoms with van der Waals surface area (Å²) in [6, 6.07) is 5.53. The van der Waals surface area contributed by atoms with Gasteiger partial charge in [0.2, 0.25) is 0 Å². The van der Waals surface area contributed by atoms with Crippen LogP contribution < -0.4 is 4.74 Å². The fourth-order valence-electron chi connectivity index (χ4n) is 1.78. The maximum absolute atomic E-state index is 11.3. The lowest BCUT2D eigenvalue weighted by molar-refractivity contribution is -0.149. The van der Waals surface area contributed by atoms with Crippen molar-refractivity contribution in [2.75, 3.05) is 7.11 Å². The number of carbonyl (C=O) groups is 1. The summed E-state index contributed by atoms with van der Waals surface area (Å²) in [4.78, 5) is 11.3. The molecule has 1 aliphatic rings. The topological polar surface area (TPSA) is 35.5 Å². The fourth-order valence-corrected chi connectivity index (χ4v) is 1.78. The zero-order valence-electron chi connectivity index (χ0n) is 9.03. The van der Waals surface area contributed by atoms with Crippen LogP contribution in [0.2, 0.25) is 0 Å². The van der Waals surface area contributed by atoms with Crippen LogP contribution in [0.5, 0.6) is 5.75 Å². The van der Waals surface area contributed by atoms with E-state index in [0.717, 1.165) is 23.3 Å². The second kappa shape index (κ2) is 4.28. The summed E-state index contributed by atoms with van der Waals surface area (Å²) in [5.74, 6) is 2.97. The first kappa shape index (κ1) is 10.6. The van der Waals surface area contributed by atoms with Crippen LogP contribution in [0.4, 0.5) is 0 Å². The molecule has 1 aromatic rings. The molecule has 2 rings (SSSR count). The predicted molar refractivity (Wildman–Crippen MR) is 59.1 cm³/mol. The van der Waals surface area contributed by atoms with Crippen LogP contribution in [0.3, 0.4) is 0 Å². The normalized spacial score (nSPS) is 17.9. The van der Waals surface area contributed by atoms with Gasteiger partial charge in [-0.25, -0.2) is 4.79 Å². The first-order valence-electron chi connectivity index (χ1n) is 5.08. The van der Waals surface area contributed by atoms with Gasteiger partial charge in [0.1, 0.15) is 5.75 Å². The lowest BCUT2D eigenvalue weighted by atomic mass is 10.0. The van der Waals surface area contributed by atoms with Gasteiger partial charge in [-0.2, -0.15) is 0 Å². The van der Waals surface area contributed by atoms with Crippen LogP contribution in [-0.4, -0.2) is 19.2 Å². The second-order valence-electron chi connectivity index (χ2n) is 3.64. The molecule has 1 aliphatic heterocycles. The van der Waals surface area contributed by atoms with Crippen molar-refractivity contribution < 1.29 is 14.3 Å². The summed E-state index contributed by atoms with van der Waals surface area (Å²) in [5, 5.41) is 0. The average Bonchev–Trinajstić information content (AvgIpc) is 2.36. The van der Waals surface area contributed by atoms with Gasteiger partial charge < -0.3 is 9.47 Å². The number of fused-ring (bicyclic) bond motifs is 1. The standard InChI is InChI=1S/C13H12O3/c1-3-9-4-6-11-10(8-9)5-7-12(16-11)13(14)15-2/h1,4,6,8,12H,5,7H2,2H3. The van der Waals surface area contributed by atoms with Crippen LogP contribution in [0, 0.1) is 12.3 Å². The highest BCUT2D eigenvalue weighted by Gasteiger charge is 2.26. The Bertz CT molecular complexity index is 457. The molecule has 3 heteroatoms. The van der Waals surface area contributed by atoms with Gasteiger partial charge in [-0.3, -0.25) is 0 Å². The van der Waals surface area contributed by atoms with E-state index in [0.29, 0.717) is 6.42 Å². The van der Waals surface area contributed by atoms with Gasteiger partial charge in [0.15, 0.2) is 6.10 Å². The van der Waals surface area contributed by atoms with Gasteiger partial charge in [-0.05, 0) is 36.6 Å². The first-order valence-corrected chi connectivity index (χ1v) is 5.08. The highest BCUT2D eigenvalue weighted by atomic mass is 16.6. The van der Waals surface area contributed by atoms with E-state index < -0.39 is 6.10 Å². The van der Waals surface area contributed by atoms with Crippen molar-refractivity contribution in [1.82, 2.24) is 0 Å². The molecule has 0 aliphatic carbocycles. The number of methoxy groups -OCH3 is 1. The molecule has 0 bridgehead atoms. The number of carbonyl (C=O) groups excluding carboxylic acids is 1. The molecule has 3 nitrogen and oxygen atoms in total. The molecular weight excluding hydrogens is 204 g/mol. The van der Waals surface area contributed by atoms with Crippen molar-refractivity contribution in [3.63, 3.8) is 0 Å². The van der Waals surface area contributed by atoms with E-state index >= 15 is 0 Å². The van der Waals surface area contributed by atoms with Crippen molar-refractivity contribution >= 4 is 5.97 Å². The molecule has 1 atom stereocenters. The number of rotatable bonds is 1. The molecule has 0 radical (unpaired) electrons. The third-order valence-corrected chi connectivity index (χ3v) is 2.64. The van der Waals surface area contributed by atoms with Gasteiger partial charge >= 0.3 is 5.97 Å². The van der Waals surface area contributed by atoms with E-state index in [-0.39, 0.29) is 5.97 Å². The number of benzene rings is 1. The summed E-state index contributed by atoms with van der Waals surface area (Å²) < 4.78 is 10.2. The van der Waals surface area contributed by atoms with Crippen LogP contribution in [0.25, 0.3) is 0 Å². The maximum atomic E-state index is 11.3. The molecule has 1 heterocycles. The van der Waals surface area contributed by atoms with Crippen LogP contribution in [0.1, 0.15) is 17.5 Å². The molecule has 0 spiro atoms. The van der Waals surface area contributed by atoms with Gasteiger partial charge in [0, 0.05) is 5.56 Å². The molecule has 0 amide bonds. The zero-order chi connectivity index (χ0) is 11.5. The highest BCUT2D eigenvalue weighted by Crippen LogP contribution is 2.28. The molecule has 0 saturated heterocycles. The van der Waals surface area contributed by atoms with E-state index in [9.17, 15) is 4.79 Å². The zero-order valence-corrected chi connectivity index (χ0v) is 9.03. The lowest BCUT2D eigenvalue weighted by Crippen LogP contribution is -2.32. The van der Waals surface area contributed by atoms with Crippen molar-refractivity contribution in [3.05, 3.63) is 29.3 Å². The SMILES string of the molecule is C#Cc1ccc2c(c1)CCC(C(=O)OC)O2. The first-order chi connectivity index (χ1) is 7.74. The third kappa shape index (κ3) is 1.87. The Balaban J connectivity index is 2.23. The summed E-state index contributed by atoms with van der Waals surface area (Å²) in [6.07, 6.45) is 6.24. The summed E-state index contributed by atoms with van der Waals surface area (Å²) >= 11 is 0. The van der Waals surface area contributed by atoms with Crippen molar-refractivity contribution in [3.8, 4) is 18.1 Å². The van der Waals surface area contributed by atoms with Gasteiger partial charge in [0.25, 0.3) is 0 Å². The van der Waals surface area contributed by atoms with Crippen LogP contribution in [0.15, 0.2) is 18.2 Å². The summed E-state index contributed by atoms with van der Waals surface area (Å²) in [7, 11) is 1.36. The van der Waals surface area contributed by atoms with Gasteiger partial charge in [-0.1, -0.05) is 5.92 Å². The van der Waals surface area contributed by atoms with E-state index in [4.69, 9.17) is 11.2 Å². The second-order valence-corrected chi connectivity index (χ2v) is 3.64. The monoisotopic (exact) mass is 216 g/mol. The number of hydrogen-bond donors (Lipinski definition) is 0. The summed E-state index contributed by atoms with van der Waals surface area (Å²) in [6.45, 7) is 0. The smallest absolute Gasteiger partial charge is 0.347 e. The Morgan fingerprint density at radius 2 is 2.44 bits per heavy atom. The molecule has 0 N–H and O–H groups in total. The molecule has 1 unspecified atom stereocenters. The minimum atomic E-state index is -0.491. The molecule has 0 fully saturated rings. The lowest BCUT2D eigenvalue weighted by Gasteiger charge is -2.24. The Kier molecular flexibility index (Phi) is 2.82. The van der Waals surface area contributed by atoms with E-state index in [2.05, 4.69) is 10.7 Å². The number of aryl methyl sites for hydroxylation is 1. The van der Waals surface area contributed by atoms with Crippen molar-refractivity contribution in [2.45, 2.75) is 18.9 Å². The number of ether oxygens (including phenoxy) is 2. The van der Waals surface area contributed by atoms with E-state index in [1.54, 1.807) is 12.1 Å². The van der Waals surface area contributed by atoms with Gasteiger partial charge in [-0.15, -0.1) is 6.42 Å². The maximum Gasteiger partial charge on any atom is 0.347 e. The molecular formula is C13H12O3. The predicted octanol–water partition coefficient (Wildman–Crippen LogP) is 1.53. The van der Waals surface area contributed by atoms with Crippen molar-refractivity contribution in [2.24, 2.45) is 0 Å². The van der Waals surface area contributed by atoms with E-state index in [1.807, 2.05) is 6.07 Å². The minimum absolute atomic E-state index is 0.327. The summed E-state index contributed by atoms with van der Waals surface area (Å²) in [5.41, 5.74) is 1.88. The van der Waals surface area contributed by atoms with Gasteiger partial charge in [0.05, 0.1) is 7.11 Å². The average molecular weight is 216 g/mol.